The lowest BCUT2D eigenvalue weighted by Crippen LogP contribution is -2.26. The molecule has 3 heteroatoms. The van der Waals surface area contributed by atoms with Crippen LogP contribution >= 0.6 is 0 Å². The van der Waals surface area contributed by atoms with Crippen molar-refractivity contribution in [1.82, 2.24) is 0 Å². The molecule has 0 fully saturated rings. The SMILES string of the molecule is CC(C)C1=C(O)CC(O)(c2ccc(O)cc2)C=C1. The summed E-state index contributed by atoms with van der Waals surface area (Å²) in [5, 5.41) is 29.8. The molecule has 1 atom stereocenters. The van der Waals surface area contributed by atoms with Gasteiger partial charge in [-0.3, -0.25) is 0 Å². The molecule has 2 rings (SSSR count). The summed E-state index contributed by atoms with van der Waals surface area (Å²) in [4.78, 5) is 0. The molecule has 3 nitrogen and oxygen atoms in total. The second-order valence-corrected chi connectivity index (χ2v) is 5.04. The Bertz CT molecular complexity index is 497. The van der Waals surface area contributed by atoms with E-state index in [2.05, 4.69) is 0 Å². The number of hydrogen-bond donors (Lipinski definition) is 3. The summed E-state index contributed by atoms with van der Waals surface area (Å²) in [6, 6.07) is 6.38. The summed E-state index contributed by atoms with van der Waals surface area (Å²) < 4.78 is 0. The molecule has 0 aromatic heterocycles. The number of benzene rings is 1. The lowest BCUT2D eigenvalue weighted by atomic mass is 9.82. The standard InChI is InChI=1S/C15H18O3/c1-10(2)13-7-8-15(18,9-14(13)17)11-3-5-12(16)6-4-11/h3-8,10,16-18H,9H2,1-2H3. The van der Waals surface area contributed by atoms with Crippen molar-refractivity contribution < 1.29 is 15.3 Å². The van der Waals surface area contributed by atoms with Gasteiger partial charge in [0.05, 0.1) is 5.76 Å². The van der Waals surface area contributed by atoms with Crippen LogP contribution in [0.5, 0.6) is 5.75 Å². The van der Waals surface area contributed by atoms with E-state index < -0.39 is 5.60 Å². The van der Waals surface area contributed by atoms with Crippen molar-refractivity contribution >= 4 is 0 Å². The summed E-state index contributed by atoms with van der Waals surface area (Å²) >= 11 is 0. The molecule has 1 aliphatic carbocycles. The van der Waals surface area contributed by atoms with Crippen molar-refractivity contribution in [3.05, 3.63) is 53.3 Å². The van der Waals surface area contributed by atoms with Crippen LogP contribution in [0.1, 0.15) is 25.8 Å². The molecule has 1 unspecified atom stereocenters. The minimum atomic E-state index is -1.20. The number of phenolic OH excluding ortho intramolecular Hbond substituents is 1. The molecular weight excluding hydrogens is 228 g/mol. The Morgan fingerprint density at radius 2 is 1.72 bits per heavy atom. The third kappa shape index (κ3) is 2.27. The predicted octanol–water partition coefficient (Wildman–Crippen LogP) is 3.01. The Hall–Kier alpha value is -1.74. The Labute approximate surface area is 107 Å². The lowest BCUT2D eigenvalue weighted by molar-refractivity contribution is 0.0736. The second kappa shape index (κ2) is 4.50. The van der Waals surface area contributed by atoms with E-state index in [1.807, 2.05) is 13.8 Å². The van der Waals surface area contributed by atoms with Crippen LogP contribution in [0.3, 0.4) is 0 Å². The highest BCUT2D eigenvalue weighted by atomic mass is 16.3. The summed E-state index contributed by atoms with van der Waals surface area (Å²) in [6.45, 7) is 4.00. The fourth-order valence-corrected chi connectivity index (χ4v) is 2.21. The minimum absolute atomic E-state index is 0.157. The van der Waals surface area contributed by atoms with Gasteiger partial charge in [-0.2, -0.15) is 0 Å². The molecule has 96 valence electrons. The Balaban J connectivity index is 2.32. The van der Waals surface area contributed by atoms with E-state index in [-0.39, 0.29) is 23.8 Å². The first kappa shape index (κ1) is 12.7. The molecule has 3 N–H and O–H groups in total. The van der Waals surface area contributed by atoms with Crippen molar-refractivity contribution in [2.24, 2.45) is 5.92 Å². The molecule has 1 aromatic rings. The fraction of sp³-hybridized carbons (Fsp3) is 0.333. The van der Waals surface area contributed by atoms with E-state index in [9.17, 15) is 15.3 Å². The molecule has 0 saturated carbocycles. The Morgan fingerprint density at radius 1 is 1.11 bits per heavy atom. The van der Waals surface area contributed by atoms with Crippen molar-refractivity contribution in [3.8, 4) is 5.75 Å². The van der Waals surface area contributed by atoms with Crippen molar-refractivity contribution in [2.75, 3.05) is 0 Å². The fourth-order valence-electron chi connectivity index (χ4n) is 2.21. The third-order valence-corrected chi connectivity index (χ3v) is 3.30. The molecule has 0 radical (unpaired) electrons. The van der Waals surface area contributed by atoms with Gasteiger partial charge in [-0.25, -0.2) is 0 Å². The van der Waals surface area contributed by atoms with E-state index >= 15 is 0 Å². The van der Waals surface area contributed by atoms with Crippen LogP contribution in [0.2, 0.25) is 0 Å². The van der Waals surface area contributed by atoms with Gasteiger partial charge in [0.25, 0.3) is 0 Å². The van der Waals surface area contributed by atoms with Crippen LogP contribution in [0.15, 0.2) is 47.7 Å². The quantitative estimate of drug-likeness (QED) is 0.751. The smallest absolute Gasteiger partial charge is 0.115 e. The van der Waals surface area contributed by atoms with E-state index in [0.29, 0.717) is 5.56 Å². The van der Waals surface area contributed by atoms with Gasteiger partial charge >= 0.3 is 0 Å². The molecule has 0 heterocycles. The number of aliphatic hydroxyl groups is 2. The number of rotatable bonds is 2. The first-order chi connectivity index (χ1) is 8.42. The first-order valence-corrected chi connectivity index (χ1v) is 6.05. The Kier molecular flexibility index (Phi) is 3.18. The maximum atomic E-state index is 10.5. The Morgan fingerprint density at radius 3 is 2.22 bits per heavy atom. The zero-order chi connectivity index (χ0) is 13.3. The van der Waals surface area contributed by atoms with Crippen LogP contribution in [0.4, 0.5) is 0 Å². The third-order valence-electron chi connectivity index (χ3n) is 3.30. The highest BCUT2D eigenvalue weighted by Crippen LogP contribution is 2.36. The molecule has 1 aromatic carbocycles. The second-order valence-electron chi connectivity index (χ2n) is 5.04. The van der Waals surface area contributed by atoms with Gasteiger partial charge in [0, 0.05) is 6.42 Å². The van der Waals surface area contributed by atoms with E-state index in [1.165, 1.54) is 12.1 Å². The van der Waals surface area contributed by atoms with Crippen molar-refractivity contribution in [2.45, 2.75) is 25.9 Å². The topological polar surface area (TPSA) is 60.7 Å². The maximum absolute atomic E-state index is 10.5. The zero-order valence-corrected chi connectivity index (χ0v) is 10.6. The average molecular weight is 246 g/mol. The average Bonchev–Trinajstić information content (AvgIpc) is 2.29. The molecule has 0 aliphatic heterocycles. The van der Waals surface area contributed by atoms with E-state index in [4.69, 9.17) is 0 Å². The van der Waals surface area contributed by atoms with Crippen molar-refractivity contribution in [3.63, 3.8) is 0 Å². The van der Waals surface area contributed by atoms with Crippen LogP contribution in [0, 0.1) is 5.92 Å². The molecule has 0 spiro atoms. The first-order valence-electron chi connectivity index (χ1n) is 6.05. The van der Waals surface area contributed by atoms with Crippen LogP contribution in [-0.2, 0) is 5.60 Å². The number of aliphatic hydroxyl groups excluding tert-OH is 1. The largest absolute Gasteiger partial charge is 0.512 e. The molecule has 0 bridgehead atoms. The number of hydrogen-bond acceptors (Lipinski definition) is 3. The van der Waals surface area contributed by atoms with Crippen LogP contribution in [-0.4, -0.2) is 15.3 Å². The summed E-state index contributed by atoms with van der Waals surface area (Å²) in [7, 11) is 0. The normalized spacial score (nSPS) is 23.8. The van der Waals surface area contributed by atoms with Gasteiger partial charge in [-0.05, 0) is 35.3 Å². The van der Waals surface area contributed by atoms with Gasteiger partial charge in [0.2, 0.25) is 0 Å². The van der Waals surface area contributed by atoms with Gasteiger partial charge < -0.3 is 15.3 Å². The van der Waals surface area contributed by atoms with Crippen LogP contribution < -0.4 is 0 Å². The molecule has 0 saturated heterocycles. The van der Waals surface area contributed by atoms with E-state index in [0.717, 1.165) is 5.57 Å². The van der Waals surface area contributed by atoms with Gasteiger partial charge in [-0.15, -0.1) is 0 Å². The molecular formula is C15H18O3. The zero-order valence-electron chi connectivity index (χ0n) is 10.6. The summed E-state index contributed by atoms with van der Waals surface area (Å²) in [6.07, 6.45) is 3.65. The number of allylic oxidation sites excluding steroid dienone is 2. The maximum Gasteiger partial charge on any atom is 0.115 e. The predicted molar refractivity (Wildman–Crippen MR) is 70.3 cm³/mol. The van der Waals surface area contributed by atoms with Gasteiger partial charge in [-0.1, -0.05) is 32.1 Å². The highest BCUT2D eigenvalue weighted by Gasteiger charge is 2.31. The monoisotopic (exact) mass is 246 g/mol. The molecule has 0 amide bonds. The number of aromatic hydroxyl groups is 1. The molecule has 1 aliphatic rings. The van der Waals surface area contributed by atoms with Crippen molar-refractivity contribution in [1.29, 1.82) is 0 Å². The lowest BCUT2D eigenvalue weighted by Gasteiger charge is -2.29. The van der Waals surface area contributed by atoms with Gasteiger partial charge in [0.15, 0.2) is 0 Å². The van der Waals surface area contributed by atoms with Gasteiger partial charge in [0.1, 0.15) is 11.4 Å². The molecule has 18 heavy (non-hydrogen) atoms. The highest BCUT2D eigenvalue weighted by molar-refractivity contribution is 5.40. The van der Waals surface area contributed by atoms with Crippen LogP contribution in [0.25, 0.3) is 0 Å². The minimum Gasteiger partial charge on any atom is -0.512 e. The summed E-state index contributed by atoms with van der Waals surface area (Å²) in [5.41, 5.74) is 0.320. The van der Waals surface area contributed by atoms with E-state index in [1.54, 1.807) is 24.3 Å². The number of phenols is 1. The summed E-state index contributed by atoms with van der Waals surface area (Å²) in [5.74, 6) is 0.610.